The Morgan fingerprint density at radius 3 is 2.23 bits per heavy atom. The van der Waals surface area contributed by atoms with Gasteiger partial charge in [-0.2, -0.15) is 0 Å². The molecule has 1 unspecified atom stereocenters. The van der Waals surface area contributed by atoms with Gasteiger partial charge in [-0.15, -0.1) is 0 Å². The van der Waals surface area contributed by atoms with Gasteiger partial charge in [0.25, 0.3) is 10.0 Å². The summed E-state index contributed by atoms with van der Waals surface area (Å²) in [6, 6.07) is 17.3. The van der Waals surface area contributed by atoms with Crippen LogP contribution in [0.2, 0.25) is 5.02 Å². The first kappa shape index (κ1) is 30.1. The van der Waals surface area contributed by atoms with Crippen molar-refractivity contribution in [2.75, 3.05) is 10.8 Å². The van der Waals surface area contributed by atoms with Gasteiger partial charge in [-0.05, 0) is 82.6 Å². The average molecular weight is 574 g/mol. The van der Waals surface area contributed by atoms with Crippen LogP contribution in [-0.4, -0.2) is 43.3 Å². The van der Waals surface area contributed by atoms with Crippen LogP contribution in [0.15, 0.2) is 77.7 Å². The highest BCUT2D eigenvalue weighted by Crippen LogP contribution is 2.26. The van der Waals surface area contributed by atoms with E-state index in [0.717, 1.165) is 9.87 Å². The van der Waals surface area contributed by atoms with Gasteiger partial charge in [-0.1, -0.05) is 41.9 Å². The number of carbonyl (C=O) groups excluding carboxylic acids is 2. The quantitative estimate of drug-likeness (QED) is 0.376. The van der Waals surface area contributed by atoms with Gasteiger partial charge in [-0.25, -0.2) is 12.8 Å². The molecule has 0 radical (unpaired) electrons. The van der Waals surface area contributed by atoms with Crippen LogP contribution in [0.25, 0.3) is 0 Å². The summed E-state index contributed by atoms with van der Waals surface area (Å²) in [6.45, 7) is 7.91. The lowest BCUT2D eigenvalue weighted by molar-refractivity contribution is -0.140. The van der Waals surface area contributed by atoms with Crippen LogP contribution in [0, 0.1) is 12.7 Å². The second kappa shape index (κ2) is 12.2. The second-order valence-electron chi connectivity index (χ2n) is 10.3. The van der Waals surface area contributed by atoms with Crippen molar-refractivity contribution in [2.45, 2.75) is 57.6 Å². The number of carbonyl (C=O) groups is 2. The molecule has 1 atom stereocenters. The van der Waals surface area contributed by atoms with E-state index in [-0.39, 0.29) is 22.7 Å². The van der Waals surface area contributed by atoms with Crippen molar-refractivity contribution in [2.24, 2.45) is 0 Å². The Morgan fingerprint density at radius 1 is 1.00 bits per heavy atom. The Bertz CT molecular complexity index is 1440. The van der Waals surface area contributed by atoms with Gasteiger partial charge < -0.3 is 10.2 Å². The first-order valence-corrected chi connectivity index (χ1v) is 14.2. The van der Waals surface area contributed by atoms with Crippen LogP contribution >= 0.6 is 11.6 Å². The van der Waals surface area contributed by atoms with Gasteiger partial charge in [0, 0.05) is 22.7 Å². The van der Waals surface area contributed by atoms with Crippen molar-refractivity contribution in [1.29, 1.82) is 0 Å². The van der Waals surface area contributed by atoms with E-state index in [9.17, 15) is 22.4 Å². The third kappa shape index (κ3) is 7.80. The summed E-state index contributed by atoms with van der Waals surface area (Å²) in [5.74, 6) is -1.66. The molecule has 0 saturated carbocycles. The number of halogens is 2. The topological polar surface area (TPSA) is 86.8 Å². The largest absolute Gasteiger partial charge is 0.350 e. The van der Waals surface area contributed by atoms with Gasteiger partial charge in [0.1, 0.15) is 18.4 Å². The van der Waals surface area contributed by atoms with Crippen LogP contribution < -0.4 is 9.62 Å². The molecule has 3 rings (SSSR count). The van der Waals surface area contributed by atoms with Crippen LogP contribution in [0.4, 0.5) is 10.1 Å². The number of benzene rings is 3. The number of sulfonamides is 1. The molecule has 0 heterocycles. The molecule has 7 nitrogen and oxygen atoms in total. The summed E-state index contributed by atoms with van der Waals surface area (Å²) >= 11 is 5.97. The predicted octanol–water partition coefficient (Wildman–Crippen LogP) is 5.31. The number of aryl methyl sites for hydroxylation is 1. The third-order valence-electron chi connectivity index (χ3n) is 5.93. The highest BCUT2D eigenvalue weighted by molar-refractivity contribution is 7.92. The molecule has 10 heteroatoms. The van der Waals surface area contributed by atoms with E-state index >= 15 is 0 Å². The maximum atomic E-state index is 14.6. The fraction of sp³-hybridized carbons (Fsp3) is 0.310. The fourth-order valence-corrected chi connectivity index (χ4v) is 5.44. The number of anilines is 1. The number of nitrogens with one attached hydrogen (secondary N) is 1. The number of nitrogens with zero attached hydrogens (tertiary/aromatic N) is 2. The Morgan fingerprint density at radius 2 is 1.64 bits per heavy atom. The summed E-state index contributed by atoms with van der Waals surface area (Å²) in [4.78, 5) is 28.1. The molecule has 3 aromatic carbocycles. The highest BCUT2D eigenvalue weighted by Gasteiger charge is 2.33. The summed E-state index contributed by atoms with van der Waals surface area (Å²) in [5, 5.41) is 3.20. The number of hydrogen-bond acceptors (Lipinski definition) is 4. The molecule has 0 spiro atoms. The van der Waals surface area contributed by atoms with Gasteiger partial charge in [0.2, 0.25) is 11.8 Å². The molecule has 2 amide bonds. The van der Waals surface area contributed by atoms with Crippen LogP contribution in [0.1, 0.15) is 38.8 Å². The van der Waals surface area contributed by atoms with Crippen molar-refractivity contribution in [3.8, 4) is 0 Å². The van der Waals surface area contributed by atoms with Crippen molar-refractivity contribution in [3.05, 3.63) is 94.8 Å². The Balaban J connectivity index is 2.05. The molecule has 39 heavy (non-hydrogen) atoms. The summed E-state index contributed by atoms with van der Waals surface area (Å²) in [5.41, 5.74) is 0.682. The summed E-state index contributed by atoms with van der Waals surface area (Å²) in [7, 11) is -4.22. The summed E-state index contributed by atoms with van der Waals surface area (Å²) in [6.07, 6.45) is 0. The highest BCUT2D eigenvalue weighted by atomic mass is 35.5. The van der Waals surface area contributed by atoms with Crippen LogP contribution in [0.5, 0.6) is 0 Å². The minimum Gasteiger partial charge on any atom is -0.350 e. The van der Waals surface area contributed by atoms with Crippen LogP contribution in [-0.2, 0) is 26.2 Å². The molecule has 0 saturated heterocycles. The van der Waals surface area contributed by atoms with Gasteiger partial charge in [0.05, 0.1) is 10.6 Å². The first-order valence-electron chi connectivity index (χ1n) is 12.4. The van der Waals surface area contributed by atoms with E-state index in [0.29, 0.717) is 5.02 Å². The van der Waals surface area contributed by atoms with Gasteiger partial charge in [-0.3, -0.25) is 13.9 Å². The zero-order chi connectivity index (χ0) is 29.0. The lowest BCUT2D eigenvalue weighted by Gasteiger charge is -2.33. The lowest BCUT2D eigenvalue weighted by atomic mass is 10.1. The van der Waals surface area contributed by atoms with E-state index in [1.54, 1.807) is 45.0 Å². The van der Waals surface area contributed by atoms with Crippen molar-refractivity contribution < 1.29 is 22.4 Å². The van der Waals surface area contributed by atoms with E-state index in [1.807, 2.05) is 13.0 Å². The Hall–Kier alpha value is -3.43. The fourth-order valence-electron chi connectivity index (χ4n) is 3.91. The molecular formula is C29H33ClFN3O4S. The molecule has 0 fully saturated rings. The minimum absolute atomic E-state index is 0.0552. The molecule has 0 aliphatic carbocycles. The molecule has 0 aliphatic heterocycles. The van der Waals surface area contributed by atoms with Gasteiger partial charge in [0.15, 0.2) is 0 Å². The SMILES string of the molecule is Cc1cccc(N(CC(=O)N(Cc2ccccc2F)C(C)C(=O)NC(C)(C)C)S(=O)(=O)c2ccc(Cl)cc2)c1. The molecule has 208 valence electrons. The second-order valence-corrected chi connectivity index (χ2v) is 12.6. The van der Waals surface area contributed by atoms with E-state index in [4.69, 9.17) is 11.6 Å². The predicted molar refractivity (Wildman–Crippen MR) is 151 cm³/mol. The standard InChI is InChI=1S/C29H33ClFN3O4S/c1-20-9-8-11-24(17-20)34(39(37,38)25-15-13-23(30)14-16-25)19-27(35)33(18-22-10-6-7-12-26(22)31)21(2)28(36)32-29(3,4)5/h6-17,21H,18-19H2,1-5H3,(H,32,36). The third-order valence-corrected chi connectivity index (χ3v) is 7.97. The van der Waals surface area contributed by atoms with E-state index in [1.165, 1.54) is 54.3 Å². The average Bonchev–Trinajstić information content (AvgIpc) is 2.85. The zero-order valence-corrected chi connectivity index (χ0v) is 24.2. The monoisotopic (exact) mass is 573 g/mol. The number of amides is 2. The zero-order valence-electron chi connectivity index (χ0n) is 22.6. The van der Waals surface area contributed by atoms with Crippen LogP contribution in [0.3, 0.4) is 0 Å². The molecule has 0 bridgehead atoms. The van der Waals surface area contributed by atoms with Crippen molar-refractivity contribution in [1.82, 2.24) is 10.2 Å². The minimum atomic E-state index is -4.22. The maximum Gasteiger partial charge on any atom is 0.264 e. The molecule has 0 aromatic heterocycles. The lowest BCUT2D eigenvalue weighted by Crippen LogP contribution is -2.54. The Labute approximate surface area is 234 Å². The molecular weight excluding hydrogens is 541 g/mol. The normalized spacial score (nSPS) is 12.5. The molecule has 1 N–H and O–H groups in total. The van der Waals surface area contributed by atoms with Crippen molar-refractivity contribution in [3.63, 3.8) is 0 Å². The first-order chi connectivity index (χ1) is 18.2. The maximum absolute atomic E-state index is 14.6. The molecule has 0 aliphatic rings. The Kier molecular flexibility index (Phi) is 9.40. The number of rotatable bonds is 9. The summed E-state index contributed by atoms with van der Waals surface area (Å²) < 4.78 is 43.2. The molecule has 3 aromatic rings. The van der Waals surface area contributed by atoms with Crippen molar-refractivity contribution >= 4 is 39.1 Å². The van der Waals surface area contributed by atoms with E-state index in [2.05, 4.69) is 5.32 Å². The van der Waals surface area contributed by atoms with E-state index < -0.39 is 45.8 Å². The smallest absolute Gasteiger partial charge is 0.264 e. The number of hydrogen-bond donors (Lipinski definition) is 1. The van der Waals surface area contributed by atoms with Gasteiger partial charge >= 0.3 is 0 Å².